The molecule has 1 aliphatic rings. The molecule has 0 aromatic carbocycles. The lowest BCUT2D eigenvalue weighted by molar-refractivity contribution is 0.233. The largest absolute Gasteiger partial charge is 0.303 e. The monoisotopic (exact) mass is 183 g/mol. The molecular weight excluding hydrogens is 158 g/mol. The van der Waals surface area contributed by atoms with E-state index in [2.05, 4.69) is 39.6 Å². The van der Waals surface area contributed by atoms with Gasteiger partial charge in [0.1, 0.15) is 0 Å². The van der Waals surface area contributed by atoms with Gasteiger partial charge in [-0.05, 0) is 31.2 Å². The first kappa shape index (κ1) is 11.0. The van der Waals surface area contributed by atoms with Gasteiger partial charge >= 0.3 is 0 Å². The topological polar surface area (TPSA) is 3.24 Å². The zero-order chi connectivity index (χ0) is 10.0. The Hall–Kier alpha value is -0.0400. The summed E-state index contributed by atoms with van der Waals surface area (Å²) >= 11 is 0. The van der Waals surface area contributed by atoms with Gasteiger partial charge in [0.25, 0.3) is 0 Å². The molecule has 0 aromatic heterocycles. The molecule has 1 heterocycles. The predicted molar refractivity (Wildman–Crippen MR) is 58.8 cm³/mol. The lowest BCUT2D eigenvalue weighted by Gasteiger charge is -2.25. The Kier molecular flexibility index (Phi) is 3.78. The Bertz CT molecular complexity index is 155. The minimum absolute atomic E-state index is 0.838. The molecule has 0 amide bonds. The van der Waals surface area contributed by atoms with Gasteiger partial charge < -0.3 is 4.90 Å². The molecule has 4 unspecified atom stereocenters. The maximum atomic E-state index is 2.56. The zero-order valence-corrected chi connectivity index (χ0v) is 9.88. The molecule has 1 aliphatic heterocycles. The van der Waals surface area contributed by atoms with Crippen LogP contribution < -0.4 is 0 Å². The van der Waals surface area contributed by atoms with Crippen LogP contribution in [0, 0.1) is 17.8 Å². The summed E-state index contributed by atoms with van der Waals surface area (Å²) in [5.41, 5.74) is 0. The lowest BCUT2D eigenvalue weighted by atomic mass is 9.88. The Morgan fingerprint density at radius 3 is 2.38 bits per heavy atom. The molecule has 0 saturated carbocycles. The third-order valence-corrected chi connectivity index (χ3v) is 3.99. The molecule has 1 nitrogen and oxygen atoms in total. The highest BCUT2D eigenvalue weighted by Crippen LogP contribution is 2.32. The van der Waals surface area contributed by atoms with E-state index in [0.717, 1.165) is 23.8 Å². The number of likely N-dealkylation sites (tertiary alicyclic amines) is 1. The van der Waals surface area contributed by atoms with E-state index in [4.69, 9.17) is 0 Å². The molecule has 0 bridgehead atoms. The van der Waals surface area contributed by atoms with Crippen molar-refractivity contribution in [1.82, 2.24) is 4.90 Å². The second kappa shape index (κ2) is 4.45. The van der Waals surface area contributed by atoms with Gasteiger partial charge in [0, 0.05) is 12.6 Å². The number of hydrogen-bond acceptors (Lipinski definition) is 1. The smallest absolute Gasteiger partial charge is 0.0123 e. The van der Waals surface area contributed by atoms with Crippen molar-refractivity contribution in [2.24, 2.45) is 17.8 Å². The fourth-order valence-corrected chi connectivity index (χ4v) is 2.51. The first-order valence-corrected chi connectivity index (χ1v) is 5.76. The second-order valence-electron chi connectivity index (χ2n) is 5.09. The van der Waals surface area contributed by atoms with E-state index in [0.29, 0.717) is 0 Å². The molecule has 1 rings (SSSR count). The molecule has 4 atom stereocenters. The van der Waals surface area contributed by atoms with Crippen LogP contribution in [0.1, 0.15) is 40.5 Å². The highest BCUT2D eigenvalue weighted by molar-refractivity contribution is 4.87. The van der Waals surface area contributed by atoms with Gasteiger partial charge in [-0.15, -0.1) is 0 Å². The Balaban J connectivity index is 2.48. The average Bonchev–Trinajstić information content (AvgIpc) is 2.32. The van der Waals surface area contributed by atoms with Crippen LogP contribution in [0.2, 0.25) is 0 Å². The van der Waals surface area contributed by atoms with Crippen molar-refractivity contribution in [1.29, 1.82) is 0 Å². The molecule has 1 saturated heterocycles. The minimum atomic E-state index is 0.838. The average molecular weight is 183 g/mol. The summed E-state index contributed by atoms with van der Waals surface area (Å²) in [5.74, 6) is 2.67. The van der Waals surface area contributed by atoms with Crippen LogP contribution in [0.25, 0.3) is 0 Å². The van der Waals surface area contributed by atoms with Crippen LogP contribution >= 0.6 is 0 Å². The van der Waals surface area contributed by atoms with Gasteiger partial charge in [-0.25, -0.2) is 0 Å². The Morgan fingerprint density at radius 1 is 1.38 bits per heavy atom. The number of hydrogen-bond donors (Lipinski definition) is 0. The SMILES string of the molecule is CCC(C)CC1C(C)C(C)CN1C. The molecule has 0 radical (unpaired) electrons. The highest BCUT2D eigenvalue weighted by Gasteiger charge is 2.34. The molecule has 13 heavy (non-hydrogen) atoms. The summed E-state index contributed by atoms with van der Waals surface area (Å²) in [6.07, 6.45) is 2.71. The van der Waals surface area contributed by atoms with Crippen LogP contribution in [-0.2, 0) is 0 Å². The van der Waals surface area contributed by atoms with Crippen LogP contribution in [-0.4, -0.2) is 24.5 Å². The van der Waals surface area contributed by atoms with Gasteiger partial charge in [0.05, 0.1) is 0 Å². The summed E-state index contributed by atoms with van der Waals surface area (Å²) in [4.78, 5) is 2.56. The maximum Gasteiger partial charge on any atom is 0.0123 e. The first-order valence-electron chi connectivity index (χ1n) is 5.76. The van der Waals surface area contributed by atoms with E-state index >= 15 is 0 Å². The summed E-state index contributed by atoms with van der Waals surface area (Å²) in [5, 5.41) is 0. The minimum Gasteiger partial charge on any atom is -0.303 e. The zero-order valence-electron chi connectivity index (χ0n) is 9.88. The summed E-state index contributed by atoms with van der Waals surface area (Å²) in [7, 11) is 2.28. The third kappa shape index (κ3) is 2.46. The summed E-state index contributed by atoms with van der Waals surface area (Å²) in [6.45, 7) is 10.8. The van der Waals surface area contributed by atoms with Gasteiger partial charge in [-0.2, -0.15) is 0 Å². The molecule has 1 heteroatoms. The van der Waals surface area contributed by atoms with Crippen LogP contribution in [0.4, 0.5) is 0 Å². The van der Waals surface area contributed by atoms with Crippen molar-refractivity contribution in [2.45, 2.75) is 46.6 Å². The predicted octanol–water partition coefficient (Wildman–Crippen LogP) is 3.01. The quantitative estimate of drug-likeness (QED) is 0.650. The van der Waals surface area contributed by atoms with Gasteiger partial charge in [-0.1, -0.05) is 34.1 Å². The van der Waals surface area contributed by atoms with Crippen molar-refractivity contribution in [3.8, 4) is 0 Å². The van der Waals surface area contributed by atoms with Crippen LogP contribution in [0.5, 0.6) is 0 Å². The van der Waals surface area contributed by atoms with Crippen molar-refractivity contribution in [3.63, 3.8) is 0 Å². The van der Waals surface area contributed by atoms with Crippen molar-refractivity contribution >= 4 is 0 Å². The summed E-state index contributed by atoms with van der Waals surface area (Å²) < 4.78 is 0. The van der Waals surface area contributed by atoms with Gasteiger partial charge in [0.15, 0.2) is 0 Å². The van der Waals surface area contributed by atoms with E-state index in [9.17, 15) is 0 Å². The van der Waals surface area contributed by atoms with Crippen molar-refractivity contribution in [3.05, 3.63) is 0 Å². The van der Waals surface area contributed by atoms with E-state index in [1.54, 1.807) is 0 Å². The number of nitrogens with zero attached hydrogens (tertiary/aromatic N) is 1. The van der Waals surface area contributed by atoms with E-state index in [1.807, 2.05) is 0 Å². The molecule has 78 valence electrons. The normalized spacial score (nSPS) is 38.1. The first-order chi connectivity index (χ1) is 6.06. The lowest BCUT2D eigenvalue weighted by Crippen LogP contribution is -2.30. The fraction of sp³-hybridized carbons (Fsp3) is 1.00. The molecule has 0 aliphatic carbocycles. The molecule has 0 N–H and O–H groups in total. The molecule has 0 aromatic rings. The van der Waals surface area contributed by atoms with Crippen molar-refractivity contribution in [2.75, 3.05) is 13.6 Å². The molecule has 0 spiro atoms. The van der Waals surface area contributed by atoms with Gasteiger partial charge in [-0.3, -0.25) is 0 Å². The Labute approximate surface area is 83.5 Å². The van der Waals surface area contributed by atoms with E-state index < -0.39 is 0 Å². The maximum absolute atomic E-state index is 2.56. The highest BCUT2D eigenvalue weighted by atomic mass is 15.2. The second-order valence-corrected chi connectivity index (χ2v) is 5.09. The fourth-order valence-electron chi connectivity index (χ4n) is 2.51. The van der Waals surface area contributed by atoms with Gasteiger partial charge in [0.2, 0.25) is 0 Å². The van der Waals surface area contributed by atoms with Crippen molar-refractivity contribution < 1.29 is 0 Å². The molecule has 1 fully saturated rings. The third-order valence-electron chi connectivity index (χ3n) is 3.99. The Morgan fingerprint density at radius 2 is 2.00 bits per heavy atom. The van der Waals surface area contributed by atoms with E-state index in [1.165, 1.54) is 19.4 Å². The standard InChI is InChI=1S/C12H25N/c1-6-9(2)7-12-11(4)10(3)8-13(12)5/h9-12H,6-8H2,1-5H3. The van der Waals surface area contributed by atoms with E-state index in [-0.39, 0.29) is 0 Å². The number of rotatable bonds is 3. The summed E-state index contributed by atoms with van der Waals surface area (Å²) in [6, 6.07) is 0.838. The molecular formula is C12H25N. The van der Waals surface area contributed by atoms with Crippen LogP contribution in [0.15, 0.2) is 0 Å². The van der Waals surface area contributed by atoms with Crippen LogP contribution in [0.3, 0.4) is 0 Å².